The van der Waals surface area contributed by atoms with E-state index in [0.717, 1.165) is 23.1 Å². The van der Waals surface area contributed by atoms with Crippen LogP contribution in [0.4, 0.5) is 17.1 Å². The number of amides is 1. The number of ether oxygens (including phenoxy) is 3. The first-order chi connectivity index (χ1) is 18.8. The van der Waals surface area contributed by atoms with Crippen molar-refractivity contribution in [2.75, 3.05) is 55.0 Å². The van der Waals surface area contributed by atoms with Crippen LogP contribution in [0.3, 0.4) is 0 Å². The van der Waals surface area contributed by atoms with E-state index in [4.69, 9.17) is 14.2 Å². The van der Waals surface area contributed by atoms with E-state index in [1.165, 1.54) is 51.7 Å². The maximum absolute atomic E-state index is 13.8. The number of sulfonamides is 1. The van der Waals surface area contributed by atoms with Gasteiger partial charge in [-0.3, -0.25) is 9.10 Å². The number of piperidine rings is 1. The van der Waals surface area contributed by atoms with E-state index in [2.05, 4.69) is 10.2 Å². The predicted molar refractivity (Wildman–Crippen MR) is 153 cm³/mol. The molecule has 208 valence electrons. The van der Waals surface area contributed by atoms with Crippen molar-refractivity contribution in [3.05, 3.63) is 66.7 Å². The molecule has 39 heavy (non-hydrogen) atoms. The van der Waals surface area contributed by atoms with Gasteiger partial charge in [-0.25, -0.2) is 8.42 Å². The highest BCUT2D eigenvalue weighted by atomic mass is 32.2. The molecule has 0 unspecified atom stereocenters. The molecule has 3 aromatic rings. The summed E-state index contributed by atoms with van der Waals surface area (Å²) in [6, 6.07) is 18.5. The number of nitrogens with one attached hydrogen (secondary N) is 1. The third kappa shape index (κ3) is 6.75. The number of nitrogens with zero attached hydrogens (tertiary/aromatic N) is 2. The Balaban J connectivity index is 1.58. The van der Waals surface area contributed by atoms with Crippen LogP contribution in [0.15, 0.2) is 71.6 Å². The van der Waals surface area contributed by atoms with Crippen molar-refractivity contribution >= 4 is 33.0 Å². The van der Waals surface area contributed by atoms with Crippen LogP contribution in [0.2, 0.25) is 0 Å². The van der Waals surface area contributed by atoms with Crippen molar-refractivity contribution in [2.45, 2.75) is 31.1 Å². The van der Waals surface area contributed by atoms with Crippen LogP contribution in [-0.4, -0.2) is 54.8 Å². The van der Waals surface area contributed by atoms with Crippen LogP contribution >= 0.6 is 0 Å². The molecule has 1 aliphatic rings. The van der Waals surface area contributed by atoms with Crippen molar-refractivity contribution in [2.24, 2.45) is 0 Å². The standard InChI is InChI=1S/C29H35N3O6S/c1-4-38-25-14-12-24(13-15-25)32(39(34,35)26-16-17-27(36-2)28(20-26)37-3)21-29(33)30-22-8-10-23(11-9-22)31-18-6-5-7-19-31/h8-17,20H,4-7,18-19,21H2,1-3H3,(H,30,33). The topological polar surface area (TPSA) is 97.4 Å². The predicted octanol–water partition coefficient (Wildman–Crippen LogP) is 4.93. The molecule has 10 heteroatoms. The molecule has 3 aromatic carbocycles. The van der Waals surface area contributed by atoms with E-state index in [-0.39, 0.29) is 10.6 Å². The van der Waals surface area contributed by atoms with Gasteiger partial charge < -0.3 is 24.4 Å². The monoisotopic (exact) mass is 553 g/mol. The minimum atomic E-state index is -4.16. The van der Waals surface area contributed by atoms with Gasteiger partial charge in [-0.15, -0.1) is 0 Å². The largest absolute Gasteiger partial charge is 0.494 e. The van der Waals surface area contributed by atoms with Crippen molar-refractivity contribution in [3.63, 3.8) is 0 Å². The summed E-state index contributed by atoms with van der Waals surface area (Å²) in [6.45, 7) is 3.96. The number of carbonyl (C=O) groups excluding carboxylic acids is 1. The molecule has 1 heterocycles. The van der Waals surface area contributed by atoms with Crippen molar-refractivity contribution < 1.29 is 27.4 Å². The molecule has 1 aliphatic heterocycles. The maximum atomic E-state index is 13.8. The number of hydrogen-bond donors (Lipinski definition) is 1. The van der Waals surface area contributed by atoms with Gasteiger partial charge in [0.1, 0.15) is 12.3 Å². The molecule has 1 fully saturated rings. The normalized spacial score (nSPS) is 13.5. The van der Waals surface area contributed by atoms with Crippen LogP contribution in [0, 0.1) is 0 Å². The van der Waals surface area contributed by atoms with E-state index in [0.29, 0.717) is 29.5 Å². The summed E-state index contributed by atoms with van der Waals surface area (Å²) >= 11 is 0. The average Bonchev–Trinajstić information content (AvgIpc) is 2.97. The Hall–Kier alpha value is -3.92. The second kappa shape index (κ2) is 12.8. The van der Waals surface area contributed by atoms with Crippen LogP contribution in [0.5, 0.6) is 17.2 Å². The van der Waals surface area contributed by atoms with E-state index >= 15 is 0 Å². The molecule has 0 radical (unpaired) electrons. The fourth-order valence-electron chi connectivity index (χ4n) is 4.53. The van der Waals surface area contributed by atoms with Crippen molar-refractivity contribution in [1.82, 2.24) is 0 Å². The summed E-state index contributed by atoms with van der Waals surface area (Å²) in [4.78, 5) is 15.5. The quantitative estimate of drug-likeness (QED) is 0.360. The summed E-state index contributed by atoms with van der Waals surface area (Å²) in [5.74, 6) is 0.792. The number of rotatable bonds is 11. The van der Waals surface area contributed by atoms with Crippen molar-refractivity contribution in [1.29, 1.82) is 0 Å². The van der Waals surface area contributed by atoms with Gasteiger partial charge in [-0.2, -0.15) is 0 Å². The molecular formula is C29H35N3O6S. The van der Waals surface area contributed by atoms with Gasteiger partial charge in [-0.05, 0) is 86.8 Å². The van der Waals surface area contributed by atoms with Crippen LogP contribution in [-0.2, 0) is 14.8 Å². The lowest BCUT2D eigenvalue weighted by Gasteiger charge is -2.29. The number of anilines is 3. The molecule has 0 atom stereocenters. The van der Waals surface area contributed by atoms with Gasteiger partial charge in [0.05, 0.1) is 31.4 Å². The molecular weight excluding hydrogens is 518 g/mol. The Kier molecular flexibility index (Phi) is 9.19. The maximum Gasteiger partial charge on any atom is 0.264 e. The molecule has 0 bridgehead atoms. The second-order valence-electron chi connectivity index (χ2n) is 9.10. The summed E-state index contributed by atoms with van der Waals surface area (Å²) in [7, 11) is -1.25. The van der Waals surface area contributed by atoms with Gasteiger partial charge in [0, 0.05) is 30.5 Å². The zero-order valence-electron chi connectivity index (χ0n) is 22.6. The Bertz CT molecular complexity index is 1350. The average molecular weight is 554 g/mol. The van der Waals surface area contributed by atoms with E-state index in [1.807, 2.05) is 31.2 Å². The Labute approximate surface area is 230 Å². The van der Waals surface area contributed by atoms with Gasteiger partial charge in [0.2, 0.25) is 5.91 Å². The van der Waals surface area contributed by atoms with Crippen molar-refractivity contribution in [3.8, 4) is 17.2 Å². The fraction of sp³-hybridized carbons (Fsp3) is 0.345. The molecule has 0 aliphatic carbocycles. The lowest BCUT2D eigenvalue weighted by atomic mass is 10.1. The van der Waals surface area contributed by atoms with E-state index in [9.17, 15) is 13.2 Å². The van der Waals surface area contributed by atoms with Gasteiger partial charge in [0.15, 0.2) is 11.5 Å². The number of hydrogen-bond acceptors (Lipinski definition) is 7. The minimum Gasteiger partial charge on any atom is -0.494 e. The number of benzene rings is 3. The summed E-state index contributed by atoms with van der Waals surface area (Å²) in [5, 5.41) is 2.84. The molecule has 0 saturated carbocycles. The molecule has 1 N–H and O–H groups in total. The molecule has 0 aromatic heterocycles. The lowest BCUT2D eigenvalue weighted by Crippen LogP contribution is -2.38. The summed E-state index contributed by atoms with van der Waals surface area (Å²) in [5.41, 5.74) is 2.03. The summed E-state index contributed by atoms with van der Waals surface area (Å²) < 4.78 is 44.8. The van der Waals surface area contributed by atoms with Gasteiger partial charge in [-0.1, -0.05) is 0 Å². The summed E-state index contributed by atoms with van der Waals surface area (Å²) in [6.07, 6.45) is 3.60. The van der Waals surface area contributed by atoms with Gasteiger partial charge in [0.25, 0.3) is 10.0 Å². The third-order valence-electron chi connectivity index (χ3n) is 6.54. The van der Waals surface area contributed by atoms with E-state index < -0.39 is 22.5 Å². The second-order valence-corrected chi connectivity index (χ2v) is 11.0. The minimum absolute atomic E-state index is 0.0345. The van der Waals surface area contributed by atoms with Crippen LogP contribution in [0.25, 0.3) is 0 Å². The Morgan fingerprint density at radius 3 is 2.18 bits per heavy atom. The molecule has 1 saturated heterocycles. The smallest absolute Gasteiger partial charge is 0.264 e. The third-order valence-corrected chi connectivity index (χ3v) is 8.31. The number of carbonyl (C=O) groups is 1. The highest BCUT2D eigenvalue weighted by Gasteiger charge is 2.28. The van der Waals surface area contributed by atoms with Gasteiger partial charge >= 0.3 is 0 Å². The van der Waals surface area contributed by atoms with Crippen LogP contribution in [0.1, 0.15) is 26.2 Å². The number of methoxy groups -OCH3 is 2. The van der Waals surface area contributed by atoms with E-state index in [1.54, 1.807) is 24.3 Å². The zero-order chi connectivity index (χ0) is 27.8. The molecule has 0 spiro atoms. The molecule has 1 amide bonds. The SMILES string of the molecule is CCOc1ccc(N(CC(=O)Nc2ccc(N3CCCCC3)cc2)S(=O)(=O)c2ccc(OC)c(OC)c2)cc1. The first kappa shape index (κ1) is 28.1. The lowest BCUT2D eigenvalue weighted by molar-refractivity contribution is -0.114. The Morgan fingerprint density at radius 2 is 1.56 bits per heavy atom. The highest BCUT2D eigenvalue weighted by molar-refractivity contribution is 7.92. The molecule has 4 rings (SSSR count). The highest BCUT2D eigenvalue weighted by Crippen LogP contribution is 2.33. The Morgan fingerprint density at radius 1 is 0.897 bits per heavy atom. The first-order valence-electron chi connectivity index (χ1n) is 13.0. The first-order valence-corrected chi connectivity index (χ1v) is 14.4. The molecule has 9 nitrogen and oxygen atoms in total. The van der Waals surface area contributed by atoms with Crippen LogP contribution < -0.4 is 28.7 Å². The fourth-order valence-corrected chi connectivity index (χ4v) is 5.97. The zero-order valence-corrected chi connectivity index (χ0v) is 23.4.